The molecule has 1 heterocycles. The second-order valence-electron chi connectivity index (χ2n) is 3.95. The maximum absolute atomic E-state index is 12.4. The lowest BCUT2D eigenvalue weighted by Gasteiger charge is -2.19. The predicted molar refractivity (Wildman–Crippen MR) is 76.5 cm³/mol. The van der Waals surface area contributed by atoms with Gasteiger partial charge < -0.3 is 10.9 Å². The van der Waals surface area contributed by atoms with Crippen LogP contribution in [0.15, 0.2) is 15.4 Å². The second-order valence-corrected chi connectivity index (χ2v) is 7.77. The van der Waals surface area contributed by atoms with E-state index in [9.17, 15) is 8.42 Å². The van der Waals surface area contributed by atoms with E-state index in [0.717, 1.165) is 11.3 Å². The Bertz CT molecular complexity index is 549. The van der Waals surface area contributed by atoms with E-state index in [2.05, 4.69) is 5.16 Å². The Labute approximate surface area is 121 Å². The first-order chi connectivity index (χ1) is 8.82. The van der Waals surface area contributed by atoms with Crippen LogP contribution in [0, 0.1) is 6.92 Å². The average molecular weight is 326 g/mol. The van der Waals surface area contributed by atoms with Gasteiger partial charge in [-0.3, -0.25) is 0 Å². The highest BCUT2D eigenvalue weighted by atomic mass is 35.5. The summed E-state index contributed by atoms with van der Waals surface area (Å²) in [6.07, 6.45) is 0.621. The van der Waals surface area contributed by atoms with E-state index < -0.39 is 10.0 Å². The average Bonchev–Trinajstić information content (AvgIpc) is 2.69. The van der Waals surface area contributed by atoms with Crippen LogP contribution in [-0.2, 0) is 10.0 Å². The maximum atomic E-state index is 12.4. The van der Waals surface area contributed by atoms with Crippen LogP contribution in [0.5, 0.6) is 0 Å². The van der Waals surface area contributed by atoms with E-state index in [4.69, 9.17) is 22.5 Å². The van der Waals surface area contributed by atoms with E-state index in [1.807, 2.05) is 6.92 Å². The molecule has 0 aliphatic carbocycles. The van der Waals surface area contributed by atoms with Crippen molar-refractivity contribution in [2.24, 2.45) is 10.9 Å². The molecule has 9 heteroatoms. The molecule has 0 saturated heterocycles. The van der Waals surface area contributed by atoms with Gasteiger partial charge in [-0.25, -0.2) is 8.42 Å². The molecule has 0 bridgehead atoms. The molecule has 0 unspecified atom stereocenters. The molecule has 6 nitrogen and oxygen atoms in total. The van der Waals surface area contributed by atoms with Crippen molar-refractivity contribution in [3.63, 3.8) is 0 Å². The summed E-state index contributed by atoms with van der Waals surface area (Å²) in [6.45, 7) is 3.72. The fraction of sp³-hybridized carbons (Fsp3) is 0.500. The SMILES string of the molecule is CCCN(CC(N)=NO)S(=O)(=O)c1cc(C)c(Cl)s1. The monoisotopic (exact) mass is 325 g/mol. The lowest BCUT2D eigenvalue weighted by atomic mass is 10.4. The summed E-state index contributed by atoms with van der Waals surface area (Å²) < 4.78 is 26.6. The Morgan fingerprint density at radius 1 is 1.63 bits per heavy atom. The molecule has 0 aliphatic heterocycles. The van der Waals surface area contributed by atoms with E-state index >= 15 is 0 Å². The van der Waals surface area contributed by atoms with Gasteiger partial charge in [0.25, 0.3) is 10.0 Å². The number of thiophene rings is 1. The quantitative estimate of drug-likeness (QED) is 0.361. The van der Waals surface area contributed by atoms with Crippen molar-refractivity contribution in [3.05, 3.63) is 16.0 Å². The van der Waals surface area contributed by atoms with Crippen LogP contribution in [0.3, 0.4) is 0 Å². The number of aryl methyl sites for hydroxylation is 1. The van der Waals surface area contributed by atoms with Crippen molar-refractivity contribution in [2.45, 2.75) is 24.5 Å². The van der Waals surface area contributed by atoms with Crippen molar-refractivity contribution in [2.75, 3.05) is 13.1 Å². The topological polar surface area (TPSA) is 96.0 Å². The van der Waals surface area contributed by atoms with Gasteiger partial charge in [0.2, 0.25) is 0 Å². The van der Waals surface area contributed by atoms with E-state index in [1.54, 1.807) is 6.92 Å². The van der Waals surface area contributed by atoms with E-state index in [-0.39, 0.29) is 23.1 Å². The van der Waals surface area contributed by atoms with Gasteiger partial charge in [-0.1, -0.05) is 23.7 Å². The zero-order valence-electron chi connectivity index (χ0n) is 10.6. The maximum Gasteiger partial charge on any atom is 0.253 e. The number of nitrogens with zero attached hydrogens (tertiary/aromatic N) is 2. The molecule has 1 aromatic heterocycles. The largest absolute Gasteiger partial charge is 0.409 e. The Morgan fingerprint density at radius 3 is 2.68 bits per heavy atom. The van der Waals surface area contributed by atoms with Gasteiger partial charge in [-0.2, -0.15) is 4.31 Å². The first-order valence-electron chi connectivity index (χ1n) is 5.55. The summed E-state index contributed by atoms with van der Waals surface area (Å²) in [5.41, 5.74) is 6.10. The molecule has 0 aromatic carbocycles. The van der Waals surface area contributed by atoms with Gasteiger partial charge in [0.05, 0.1) is 10.9 Å². The molecule has 0 amide bonds. The minimum atomic E-state index is -3.67. The smallest absolute Gasteiger partial charge is 0.253 e. The Kier molecular flexibility index (Phi) is 5.60. The van der Waals surface area contributed by atoms with Crippen LogP contribution in [-0.4, -0.2) is 36.9 Å². The molecule has 1 rings (SSSR count). The molecule has 0 saturated carbocycles. The number of halogens is 1. The van der Waals surface area contributed by atoms with Gasteiger partial charge in [-0.05, 0) is 25.0 Å². The lowest BCUT2D eigenvalue weighted by molar-refractivity contribution is 0.314. The number of rotatable bonds is 6. The van der Waals surface area contributed by atoms with Gasteiger partial charge in [0.15, 0.2) is 5.84 Å². The molecule has 0 aliphatic rings. The number of oxime groups is 1. The number of sulfonamides is 1. The molecule has 19 heavy (non-hydrogen) atoms. The fourth-order valence-electron chi connectivity index (χ4n) is 1.43. The van der Waals surface area contributed by atoms with Crippen molar-refractivity contribution >= 4 is 38.8 Å². The summed E-state index contributed by atoms with van der Waals surface area (Å²) in [4.78, 5) is 0. The van der Waals surface area contributed by atoms with Gasteiger partial charge in [0, 0.05) is 6.54 Å². The highest BCUT2D eigenvalue weighted by Gasteiger charge is 2.27. The van der Waals surface area contributed by atoms with Crippen LogP contribution in [0.4, 0.5) is 0 Å². The first-order valence-corrected chi connectivity index (χ1v) is 8.18. The second kappa shape index (κ2) is 6.56. The molecular formula is C10H16ClN3O3S2. The molecule has 0 atom stereocenters. The minimum absolute atomic E-state index is 0.152. The van der Waals surface area contributed by atoms with E-state index in [1.165, 1.54) is 10.4 Å². The number of nitrogens with two attached hydrogens (primary N) is 1. The fourth-order valence-corrected chi connectivity index (χ4v) is 4.80. The van der Waals surface area contributed by atoms with Crippen molar-refractivity contribution in [1.82, 2.24) is 4.31 Å². The Balaban J connectivity index is 3.12. The van der Waals surface area contributed by atoms with Crippen LogP contribution in [0.25, 0.3) is 0 Å². The number of hydrogen-bond acceptors (Lipinski definition) is 5. The van der Waals surface area contributed by atoms with Gasteiger partial charge >= 0.3 is 0 Å². The summed E-state index contributed by atoms with van der Waals surface area (Å²) in [6, 6.07) is 1.53. The molecule has 1 aromatic rings. The summed E-state index contributed by atoms with van der Waals surface area (Å²) in [5, 5.41) is 11.4. The first kappa shape index (κ1) is 16.2. The minimum Gasteiger partial charge on any atom is -0.409 e. The molecular weight excluding hydrogens is 310 g/mol. The lowest BCUT2D eigenvalue weighted by Crippen LogP contribution is -2.38. The third-order valence-corrected chi connectivity index (χ3v) is 6.22. The normalized spacial score (nSPS) is 13.2. The summed E-state index contributed by atoms with van der Waals surface area (Å²) in [5.74, 6) is -0.156. The van der Waals surface area contributed by atoms with Crippen molar-refractivity contribution in [1.29, 1.82) is 0 Å². The van der Waals surface area contributed by atoms with Gasteiger partial charge in [0.1, 0.15) is 4.21 Å². The van der Waals surface area contributed by atoms with E-state index in [0.29, 0.717) is 16.3 Å². The van der Waals surface area contributed by atoms with Crippen molar-refractivity contribution < 1.29 is 13.6 Å². The summed E-state index contributed by atoms with van der Waals surface area (Å²) >= 11 is 6.90. The highest BCUT2D eigenvalue weighted by molar-refractivity contribution is 7.91. The van der Waals surface area contributed by atoms with Crippen LogP contribution >= 0.6 is 22.9 Å². The summed E-state index contributed by atoms with van der Waals surface area (Å²) in [7, 11) is -3.67. The molecule has 0 radical (unpaired) electrons. The predicted octanol–water partition coefficient (Wildman–Crippen LogP) is 1.86. The molecule has 0 fully saturated rings. The number of hydrogen-bond donors (Lipinski definition) is 2. The van der Waals surface area contributed by atoms with Crippen LogP contribution in [0.1, 0.15) is 18.9 Å². The molecule has 3 N–H and O–H groups in total. The zero-order chi connectivity index (χ0) is 14.6. The Morgan fingerprint density at radius 2 is 2.26 bits per heavy atom. The van der Waals surface area contributed by atoms with Crippen LogP contribution in [0.2, 0.25) is 4.34 Å². The third kappa shape index (κ3) is 3.82. The zero-order valence-corrected chi connectivity index (χ0v) is 13.0. The van der Waals surface area contributed by atoms with Crippen molar-refractivity contribution in [3.8, 4) is 0 Å². The van der Waals surface area contributed by atoms with Gasteiger partial charge in [-0.15, -0.1) is 11.3 Å². The highest BCUT2D eigenvalue weighted by Crippen LogP contribution is 2.31. The number of amidine groups is 1. The Hall–Kier alpha value is -0.830. The molecule has 108 valence electrons. The molecule has 0 spiro atoms. The standard InChI is InChI=1S/C10H16ClN3O3S2/c1-3-4-14(6-8(12)13-15)19(16,17)9-5-7(2)10(11)18-9/h5,15H,3-4,6H2,1-2H3,(H2,12,13). The van der Waals surface area contributed by atoms with Crippen LogP contribution < -0.4 is 5.73 Å². The third-order valence-electron chi connectivity index (χ3n) is 2.37.